The molecule has 0 N–H and O–H groups in total. The van der Waals surface area contributed by atoms with E-state index in [4.69, 9.17) is 5.26 Å². The molecule has 0 aliphatic rings. The van der Waals surface area contributed by atoms with Gasteiger partial charge in [-0.25, -0.2) is 13.6 Å². The maximum Gasteiger partial charge on any atom is 0.341 e. The van der Waals surface area contributed by atoms with E-state index in [0.29, 0.717) is 5.56 Å². The fourth-order valence-corrected chi connectivity index (χ4v) is 1.24. The van der Waals surface area contributed by atoms with Gasteiger partial charge in [-0.3, -0.25) is 4.98 Å². The molecule has 84 valence electrons. The third kappa shape index (κ3) is 1.98. The Morgan fingerprint density at radius 3 is 2.69 bits per heavy atom. The smallest absolute Gasteiger partial charge is 0.341 e. The van der Waals surface area contributed by atoms with Crippen LogP contribution in [0.3, 0.4) is 0 Å². The fourth-order valence-electron chi connectivity index (χ4n) is 1.24. The van der Waals surface area contributed by atoms with Crippen molar-refractivity contribution in [3.8, 4) is 6.07 Å². The van der Waals surface area contributed by atoms with Crippen LogP contribution in [0.2, 0.25) is 0 Å². The number of ether oxygens (including phenoxy) is 1. The summed E-state index contributed by atoms with van der Waals surface area (Å²) in [6, 6.07) is 1.70. The van der Waals surface area contributed by atoms with Gasteiger partial charge in [0.1, 0.15) is 17.3 Å². The van der Waals surface area contributed by atoms with Gasteiger partial charge >= 0.3 is 5.97 Å². The van der Waals surface area contributed by atoms with E-state index in [-0.39, 0.29) is 5.56 Å². The van der Waals surface area contributed by atoms with Gasteiger partial charge in [0, 0.05) is 6.20 Å². The number of rotatable bonds is 2. The van der Waals surface area contributed by atoms with Crippen molar-refractivity contribution in [3.05, 3.63) is 28.6 Å². The van der Waals surface area contributed by atoms with Gasteiger partial charge in [-0.1, -0.05) is 0 Å². The summed E-state index contributed by atoms with van der Waals surface area (Å²) >= 11 is 0. The lowest BCUT2D eigenvalue weighted by molar-refractivity contribution is 0.0586. The van der Waals surface area contributed by atoms with Crippen LogP contribution in [0.1, 0.15) is 33.6 Å². The van der Waals surface area contributed by atoms with E-state index < -0.39 is 23.7 Å². The number of hydrogen-bond acceptors (Lipinski definition) is 4. The molecule has 0 fully saturated rings. The molecule has 0 spiro atoms. The molecule has 1 aromatic rings. The second kappa shape index (κ2) is 4.66. The minimum atomic E-state index is -2.93. The molecule has 0 aliphatic carbocycles. The first-order chi connectivity index (χ1) is 7.52. The number of halogens is 2. The molecule has 1 aromatic heterocycles. The predicted octanol–water partition coefficient (Wildman–Crippen LogP) is 1.99. The van der Waals surface area contributed by atoms with Gasteiger partial charge in [-0.15, -0.1) is 0 Å². The third-order valence-electron chi connectivity index (χ3n) is 2.01. The van der Waals surface area contributed by atoms with E-state index in [1.807, 2.05) is 0 Å². The Kier molecular flexibility index (Phi) is 3.51. The number of aryl methyl sites for hydroxylation is 1. The number of nitriles is 1. The second-order valence-electron chi connectivity index (χ2n) is 2.98. The summed E-state index contributed by atoms with van der Waals surface area (Å²) < 4.78 is 29.5. The quantitative estimate of drug-likeness (QED) is 0.723. The summed E-state index contributed by atoms with van der Waals surface area (Å²) in [5.41, 5.74) is -0.960. The average molecular weight is 226 g/mol. The number of carbonyl (C=O) groups is 1. The highest BCUT2D eigenvalue weighted by Crippen LogP contribution is 2.25. The van der Waals surface area contributed by atoms with E-state index in [9.17, 15) is 13.6 Å². The predicted molar refractivity (Wildman–Crippen MR) is 50.0 cm³/mol. The highest BCUT2D eigenvalue weighted by Gasteiger charge is 2.25. The zero-order chi connectivity index (χ0) is 12.3. The van der Waals surface area contributed by atoms with Crippen molar-refractivity contribution in [1.29, 1.82) is 5.26 Å². The van der Waals surface area contributed by atoms with Crippen LogP contribution in [-0.2, 0) is 4.74 Å². The minimum absolute atomic E-state index is 0.128. The lowest BCUT2D eigenvalue weighted by Crippen LogP contribution is -2.12. The first-order valence-electron chi connectivity index (χ1n) is 4.29. The number of nitrogens with zero attached hydrogens (tertiary/aromatic N) is 2. The first-order valence-corrected chi connectivity index (χ1v) is 4.29. The van der Waals surface area contributed by atoms with Gasteiger partial charge in [0.05, 0.1) is 12.7 Å². The van der Waals surface area contributed by atoms with Crippen molar-refractivity contribution in [1.82, 2.24) is 4.98 Å². The molecule has 0 radical (unpaired) electrons. The summed E-state index contributed by atoms with van der Waals surface area (Å²) in [6.45, 7) is 1.51. The van der Waals surface area contributed by atoms with Gasteiger partial charge in [-0.2, -0.15) is 5.26 Å². The minimum Gasteiger partial charge on any atom is -0.465 e. The van der Waals surface area contributed by atoms with Gasteiger partial charge in [-0.05, 0) is 12.5 Å². The molecular formula is C10H8F2N2O2. The van der Waals surface area contributed by atoms with E-state index in [2.05, 4.69) is 9.72 Å². The number of pyridine rings is 1. The molecule has 4 nitrogen and oxygen atoms in total. The van der Waals surface area contributed by atoms with Crippen LogP contribution in [0.4, 0.5) is 8.78 Å². The van der Waals surface area contributed by atoms with Gasteiger partial charge in [0.2, 0.25) is 0 Å². The Morgan fingerprint density at radius 1 is 1.62 bits per heavy atom. The van der Waals surface area contributed by atoms with Crippen molar-refractivity contribution in [2.24, 2.45) is 0 Å². The van der Waals surface area contributed by atoms with Crippen LogP contribution in [-0.4, -0.2) is 18.1 Å². The Balaban J connectivity index is 3.55. The molecule has 0 aromatic carbocycles. The van der Waals surface area contributed by atoms with Gasteiger partial charge in [0.25, 0.3) is 6.43 Å². The summed E-state index contributed by atoms with van der Waals surface area (Å²) in [7, 11) is 1.06. The lowest BCUT2D eigenvalue weighted by atomic mass is 10.0. The fraction of sp³-hybridized carbons (Fsp3) is 0.300. The molecule has 1 rings (SSSR count). The topological polar surface area (TPSA) is 63.0 Å². The van der Waals surface area contributed by atoms with Crippen LogP contribution in [0.15, 0.2) is 6.20 Å². The van der Waals surface area contributed by atoms with E-state index in [0.717, 1.165) is 13.3 Å². The highest BCUT2D eigenvalue weighted by atomic mass is 19.3. The number of alkyl halides is 2. The van der Waals surface area contributed by atoms with Crippen molar-refractivity contribution in [3.63, 3.8) is 0 Å². The van der Waals surface area contributed by atoms with Crippen LogP contribution in [0.5, 0.6) is 0 Å². The number of aromatic nitrogens is 1. The molecule has 0 bridgehead atoms. The highest BCUT2D eigenvalue weighted by molar-refractivity contribution is 5.93. The maximum absolute atomic E-state index is 12.6. The van der Waals surface area contributed by atoms with Crippen LogP contribution in [0.25, 0.3) is 0 Å². The Hall–Kier alpha value is -2.03. The summed E-state index contributed by atoms with van der Waals surface area (Å²) in [4.78, 5) is 14.8. The van der Waals surface area contributed by atoms with Gasteiger partial charge in [0.15, 0.2) is 0 Å². The van der Waals surface area contributed by atoms with Crippen molar-refractivity contribution >= 4 is 5.97 Å². The van der Waals surface area contributed by atoms with Crippen molar-refractivity contribution < 1.29 is 18.3 Å². The molecule has 0 saturated carbocycles. The Morgan fingerprint density at radius 2 is 2.25 bits per heavy atom. The molecule has 0 unspecified atom stereocenters. The SMILES string of the molecule is COC(=O)c1c(C(F)F)ncc(C)c1C#N. The molecular weight excluding hydrogens is 218 g/mol. The molecule has 0 saturated heterocycles. The zero-order valence-electron chi connectivity index (χ0n) is 8.62. The summed E-state index contributed by atoms with van der Waals surface area (Å²) in [5, 5.41) is 8.82. The van der Waals surface area contributed by atoms with Crippen molar-refractivity contribution in [2.75, 3.05) is 7.11 Å². The Labute approximate surface area is 90.5 Å². The molecule has 0 amide bonds. The van der Waals surface area contributed by atoms with E-state index in [1.165, 1.54) is 6.92 Å². The zero-order valence-corrected chi connectivity index (χ0v) is 8.62. The third-order valence-corrected chi connectivity index (χ3v) is 2.01. The Bertz CT molecular complexity index is 467. The van der Waals surface area contributed by atoms with E-state index >= 15 is 0 Å². The molecule has 6 heteroatoms. The molecule has 16 heavy (non-hydrogen) atoms. The lowest BCUT2D eigenvalue weighted by Gasteiger charge is -2.09. The largest absolute Gasteiger partial charge is 0.465 e. The summed E-state index contributed by atoms with van der Waals surface area (Å²) in [6.07, 6.45) is -1.80. The maximum atomic E-state index is 12.6. The van der Waals surface area contributed by atoms with Crippen LogP contribution < -0.4 is 0 Å². The van der Waals surface area contributed by atoms with Gasteiger partial charge < -0.3 is 4.74 Å². The number of hydrogen-bond donors (Lipinski definition) is 0. The number of carbonyl (C=O) groups excluding carboxylic acids is 1. The summed E-state index contributed by atoms with van der Waals surface area (Å²) in [5.74, 6) is -0.983. The van der Waals surface area contributed by atoms with Crippen LogP contribution in [0, 0.1) is 18.3 Å². The molecule has 1 heterocycles. The molecule has 0 aliphatic heterocycles. The normalized spacial score (nSPS) is 10.0. The number of methoxy groups -OCH3 is 1. The monoisotopic (exact) mass is 226 g/mol. The van der Waals surface area contributed by atoms with Crippen molar-refractivity contribution in [2.45, 2.75) is 13.3 Å². The first kappa shape index (κ1) is 12.0. The second-order valence-corrected chi connectivity index (χ2v) is 2.98. The van der Waals surface area contributed by atoms with E-state index in [1.54, 1.807) is 6.07 Å². The standard InChI is InChI=1S/C10H8F2N2O2/c1-5-4-14-8(9(11)12)7(6(5)3-13)10(15)16-2/h4,9H,1-2H3. The van der Waals surface area contributed by atoms with Crippen LogP contribution >= 0.6 is 0 Å². The molecule has 0 atom stereocenters. The average Bonchev–Trinajstić information content (AvgIpc) is 2.27. The number of esters is 1.